The number of alkyl halides is 3. The number of halogens is 4. The Morgan fingerprint density at radius 1 is 1.15 bits per heavy atom. The van der Waals surface area contributed by atoms with Gasteiger partial charge in [0.1, 0.15) is 22.7 Å². The van der Waals surface area contributed by atoms with E-state index in [1.807, 2.05) is 6.92 Å². The smallest absolute Gasteiger partial charge is 0.435 e. The van der Waals surface area contributed by atoms with E-state index >= 15 is 0 Å². The number of carboxylic acid groups (broad SMARTS) is 1. The molecule has 14 heteroatoms. The van der Waals surface area contributed by atoms with Crippen molar-refractivity contribution in [1.82, 2.24) is 29.1 Å². The molecule has 0 amide bonds. The van der Waals surface area contributed by atoms with Gasteiger partial charge in [0.25, 0.3) is 5.56 Å². The number of nitrogens with zero attached hydrogens (tertiary/aromatic N) is 5. The van der Waals surface area contributed by atoms with Gasteiger partial charge in [-0.3, -0.25) is 9.20 Å². The van der Waals surface area contributed by atoms with Crippen molar-refractivity contribution in [3.8, 4) is 16.8 Å². The number of aromatic amines is 1. The van der Waals surface area contributed by atoms with Gasteiger partial charge in [0.15, 0.2) is 5.69 Å². The molecule has 0 atom stereocenters. The van der Waals surface area contributed by atoms with Crippen molar-refractivity contribution in [2.45, 2.75) is 13.1 Å². The molecule has 0 aliphatic rings. The van der Waals surface area contributed by atoms with Crippen LogP contribution < -0.4 is 10.9 Å². The second-order valence-electron chi connectivity index (χ2n) is 8.85. The van der Waals surface area contributed by atoms with E-state index in [0.717, 1.165) is 27.5 Å². The maximum Gasteiger partial charge on any atom is 0.435 e. The summed E-state index contributed by atoms with van der Waals surface area (Å²) >= 11 is 0. The minimum Gasteiger partial charge on any atom is -0.477 e. The molecule has 5 heterocycles. The lowest BCUT2D eigenvalue weighted by molar-refractivity contribution is -0.141. The highest BCUT2D eigenvalue weighted by Gasteiger charge is 2.34. The lowest BCUT2D eigenvalue weighted by Crippen LogP contribution is -2.22. The van der Waals surface area contributed by atoms with Crippen LogP contribution in [0.4, 0.5) is 23.2 Å². The van der Waals surface area contributed by atoms with Crippen LogP contribution in [0.5, 0.6) is 0 Å². The molecule has 5 aromatic heterocycles. The van der Waals surface area contributed by atoms with Crippen molar-refractivity contribution >= 4 is 39.2 Å². The van der Waals surface area contributed by atoms with E-state index in [1.165, 1.54) is 30.6 Å². The minimum absolute atomic E-state index is 0.134. The molecule has 3 N–H and O–H groups in total. The van der Waals surface area contributed by atoms with E-state index in [2.05, 4.69) is 25.4 Å². The molecule has 0 bridgehead atoms. The second kappa shape index (κ2) is 8.90. The third kappa shape index (κ3) is 3.92. The Balaban J connectivity index is 1.72. The van der Waals surface area contributed by atoms with Crippen LogP contribution in [0, 0.1) is 5.82 Å². The molecule has 202 valence electrons. The number of carbonyl (C=O) groups is 1. The van der Waals surface area contributed by atoms with Crippen LogP contribution in [0.25, 0.3) is 44.4 Å². The Kier molecular flexibility index (Phi) is 5.57. The number of pyridine rings is 2. The average Bonchev–Trinajstić information content (AvgIpc) is 3.54. The predicted octanol–water partition coefficient (Wildman–Crippen LogP) is 4.86. The molecule has 6 rings (SSSR count). The third-order valence-corrected chi connectivity index (χ3v) is 6.39. The zero-order valence-corrected chi connectivity index (χ0v) is 20.4. The minimum atomic E-state index is -4.72. The molecule has 0 radical (unpaired) electrons. The SMILES string of the molecule is CCNc1cc(F)cc2c1[nH]c1ncc(-c3ccc4ncc(C(=O)O)c(=O)n4c3)c(-n3ccc(C(F)(F)F)n3)c12. The first kappa shape index (κ1) is 25.0. The number of hydrogen-bond acceptors (Lipinski definition) is 6. The summed E-state index contributed by atoms with van der Waals surface area (Å²) in [6.45, 7) is 2.31. The molecule has 0 aliphatic carbocycles. The number of fused-ring (bicyclic) bond motifs is 4. The normalized spacial score (nSPS) is 12.0. The Morgan fingerprint density at radius 3 is 2.65 bits per heavy atom. The van der Waals surface area contributed by atoms with Crippen LogP contribution in [0.2, 0.25) is 0 Å². The fraction of sp³-hybridized carbons (Fsp3) is 0.115. The van der Waals surface area contributed by atoms with Gasteiger partial charge in [0, 0.05) is 47.8 Å². The lowest BCUT2D eigenvalue weighted by Gasteiger charge is -2.13. The Morgan fingerprint density at radius 2 is 1.95 bits per heavy atom. The number of aromatic nitrogens is 6. The van der Waals surface area contributed by atoms with E-state index in [1.54, 1.807) is 6.07 Å². The first-order valence-electron chi connectivity index (χ1n) is 11.8. The van der Waals surface area contributed by atoms with Gasteiger partial charge >= 0.3 is 12.1 Å². The molecule has 10 nitrogen and oxygen atoms in total. The number of hydrogen-bond donors (Lipinski definition) is 3. The Labute approximate surface area is 220 Å². The van der Waals surface area contributed by atoms with Gasteiger partial charge in [0.2, 0.25) is 0 Å². The molecular formula is C26H17F4N7O3. The van der Waals surface area contributed by atoms with Crippen molar-refractivity contribution in [3.63, 3.8) is 0 Å². The number of H-pyrrole nitrogens is 1. The second-order valence-corrected chi connectivity index (χ2v) is 8.85. The van der Waals surface area contributed by atoms with Crippen LogP contribution in [-0.2, 0) is 6.18 Å². The van der Waals surface area contributed by atoms with Gasteiger partial charge in [0.05, 0.1) is 22.3 Å². The fourth-order valence-corrected chi connectivity index (χ4v) is 4.67. The molecule has 0 aliphatic heterocycles. The lowest BCUT2D eigenvalue weighted by atomic mass is 10.0. The van der Waals surface area contributed by atoms with Crippen molar-refractivity contribution in [1.29, 1.82) is 0 Å². The van der Waals surface area contributed by atoms with Crippen LogP contribution in [0.1, 0.15) is 23.0 Å². The van der Waals surface area contributed by atoms with Gasteiger partial charge in [-0.1, -0.05) is 0 Å². The van der Waals surface area contributed by atoms with E-state index in [0.29, 0.717) is 28.7 Å². The largest absolute Gasteiger partial charge is 0.477 e. The van der Waals surface area contributed by atoms with E-state index < -0.39 is 34.8 Å². The maximum absolute atomic E-state index is 14.7. The van der Waals surface area contributed by atoms with Crippen LogP contribution in [0.3, 0.4) is 0 Å². The zero-order valence-electron chi connectivity index (χ0n) is 20.4. The molecular weight excluding hydrogens is 534 g/mol. The highest BCUT2D eigenvalue weighted by atomic mass is 19.4. The molecule has 40 heavy (non-hydrogen) atoms. The van der Waals surface area contributed by atoms with Crippen LogP contribution >= 0.6 is 0 Å². The quantitative estimate of drug-likeness (QED) is 0.261. The summed E-state index contributed by atoms with van der Waals surface area (Å²) in [4.78, 5) is 35.9. The van der Waals surface area contributed by atoms with Crippen LogP contribution in [-0.4, -0.2) is 46.8 Å². The molecule has 0 fully saturated rings. The molecule has 0 spiro atoms. The first-order valence-corrected chi connectivity index (χ1v) is 11.8. The third-order valence-electron chi connectivity index (χ3n) is 6.39. The number of rotatable bonds is 5. The van der Waals surface area contributed by atoms with E-state index in [4.69, 9.17) is 0 Å². The molecule has 1 aromatic carbocycles. The number of benzene rings is 1. The van der Waals surface area contributed by atoms with Gasteiger partial charge < -0.3 is 15.4 Å². The number of nitrogens with one attached hydrogen (secondary N) is 2. The van der Waals surface area contributed by atoms with Gasteiger partial charge in [-0.25, -0.2) is 23.8 Å². The number of anilines is 1. The molecule has 0 saturated carbocycles. The van der Waals surface area contributed by atoms with Crippen LogP contribution in [0.15, 0.2) is 59.9 Å². The summed E-state index contributed by atoms with van der Waals surface area (Å²) in [5.41, 5.74) is -0.554. The Bertz CT molecular complexity index is 2040. The highest BCUT2D eigenvalue weighted by molar-refractivity contribution is 6.15. The molecule has 0 unspecified atom stereocenters. The van der Waals surface area contributed by atoms with Gasteiger partial charge in [-0.2, -0.15) is 18.3 Å². The summed E-state index contributed by atoms with van der Waals surface area (Å²) in [5.74, 6) is -2.05. The summed E-state index contributed by atoms with van der Waals surface area (Å²) in [6.07, 6.45) is 0.0472. The highest BCUT2D eigenvalue weighted by Crippen LogP contribution is 2.39. The molecule has 6 aromatic rings. The van der Waals surface area contributed by atoms with Crippen molar-refractivity contribution in [3.05, 3.63) is 82.5 Å². The Hall–Kier alpha value is -5.27. The topological polar surface area (TPSA) is 130 Å². The van der Waals surface area contributed by atoms with Gasteiger partial charge in [-0.05, 0) is 37.3 Å². The van der Waals surface area contributed by atoms with Crippen molar-refractivity contribution < 1.29 is 27.5 Å². The summed E-state index contributed by atoms with van der Waals surface area (Å²) in [6, 6.07) is 6.36. The average molecular weight is 551 g/mol. The standard InChI is InChI=1S/C26H17F4N7O3/c1-2-31-17-8-13(27)7-14-20-22(37-6-5-18(35-37)26(28,29)30)15(9-33-23(20)34-21(14)17)12-3-4-19-32-10-16(25(39)40)24(38)36(19)11-12/h3-11,31H,2H2,1H3,(H,33,34)(H,39,40). The number of carboxylic acids is 1. The van der Waals surface area contributed by atoms with Crippen molar-refractivity contribution in [2.75, 3.05) is 11.9 Å². The van der Waals surface area contributed by atoms with E-state index in [9.17, 15) is 32.3 Å². The predicted molar refractivity (Wildman–Crippen MR) is 137 cm³/mol. The summed E-state index contributed by atoms with van der Waals surface area (Å²) in [5, 5.41) is 16.8. The number of aromatic carboxylic acids is 1. The fourth-order valence-electron chi connectivity index (χ4n) is 4.67. The monoisotopic (exact) mass is 551 g/mol. The zero-order chi connectivity index (χ0) is 28.3. The molecule has 0 saturated heterocycles. The first-order chi connectivity index (χ1) is 19.1. The van der Waals surface area contributed by atoms with Crippen molar-refractivity contribution in [2.24, 2.45) is 0 Å². The summed E-state index contributed by atoms with van der Waals surface area (Å²) < 4.78 is 57.3. The maximum atomic E-state index is 14.7. The van der Waals surface area contributed by atoms with Gasteiger partial charge in [-0.15, -0.1) is 0 Å². The summed E-state index contributed by atoms with van der Waals surface area (Å²) in [7, 11) is 0. The van der Waals surface area contributed by atoms with E-state index in [-0.39, 0.29) is 27.9 Å².